The first-order valence-corrected chi connectivity index (χ1v) is 9.96. The standard InChI is InChI=1S/C22H25ClN2O4/c1-28-13-11-24(21(26)17-5-3-2-4-6-17)15-20-16-25(12-14-29-20)22(27)18-7-9-19(23)10-8-18/h2-10,20H,11-16H2,1H3. The maximum atomic E-state index is 12.9. The molecule has 1 aliphatic rings. The maximum Gasteiger partial charge on any atom is 0.254 e. The number of methoxy groups -OCH3 is 1. The van der Waals surface area contributed by atoms with Gasteiger partial charge in [-0.25, -0.2) is 0 Å². The molecule has 2 aromatic carbocycles. The smallest absolute Gasteiger partial charge is 0.254 e. The van der Waals surface area contributed by atoms with Crippen molar-refractivity contribution in [2.24, 2.45) is 0 Å². The summed E-state index contributed by atoms with van der Waals surface area (Å²) in [6.45, 7) is 2.65. The van der Waals surface area contributed by atoms with Crippen LogP contribution < -0.4 is 0 Å². The predicted molar refractivity (Wildman–Crippen MR) is 111 cm³/mol. The highest BCUT2D eigenvalue weighted by atomic mass is 35.5. The number of benzene rings is 2. The van der Waals surface area contributed by atoms with E-state index >= 15 is 0 Å². The highest BCUT2D eigenvalue weighted by Gasteiger charge is 2.28. The Labute approximate surface area is 176 Å². The van der Waals surface area contributed by atoms with Crippen molar-refractivity contribution < 1.29 is 19.1 Å². The van der Waals surface area contributed by atoms with Crippen LogP contribution in [-0.4, -0.2) is 74.2 Å². The molecule has 0 aromatic heterocycles. The van der Waals surface area contributed by atoms with Crippen LogP contribution >= 0.6 is 11.6 Å². The minimum Gasteiger partial charge on any atom is -0.383 e. The molecule has 3 rings (SSSR count). The number of halogens is 1. The van der Waals surface area contributed by atoms with Crippen LogP contribution in [-0.2, 0) is 9.47 Å². The summed E-state index contributed by atoms with van der Waals surface area (Å²) < 4.78 is 11.0. The largest absolute Gasteiger partial charge is 0.383 e. The van der Waals surface area contributed by atoms with Gasteiger partial charge in [0.2, 0.25) is 0 Å². The quantitative estimate of drug-likeness (QED) is 0.696. The number of carbonyl (C=O) groups excluding carboxylic acids is 2. The summed E-state index contributed by atoms with van der Waals surface area (Å²) in [5.74, 6) is -0.139. The van der Waals surface area contributed by atoms with Crippen LogP contribution in [0.3, 0.4) is 0 Å². The zero-order valence-corrected chi connectivity index (χ0v) is 17.2. The van der Waals surface area contributed by atoms with E-state index in [2.05, 4.69) is 0 Å². The third-order valence-corrected chi connectivity index (χ3v) is 5.07. The van der Waals surface area contributed by atoms with Gasteiger partial charge < -0.3 is 19.3 Å². The van der Waals surface area contributed by atoms with E-state index in [4.69, 9.17) is 21.1 Å². The Kier molecular flexibility index (Phi) is 7.63. The van der Waals surface area contributed by atoms with Crippen molar-refractivity contribution in [3.8, 4) is 0 Å². The minimum absolute atomic E-state index is 0.0622. The van der Waals surface area contributed by atoms with Crippen molar-refractivity contribution in [3.05, 3.63) is 70.7 Å². The van der Waals surface area contributed by atoms with Gasteiger partial charge in [-0.15, -0.1) is 0 Å². The van der Waals surface area contributed by atoms with E-state index in [1.54, 1.807) is 53.3 Å². The van der Waals surface area contributed by atoms with E-state index in [1.165, 1.54) is 0 Å². The van der Waals surface area contributed by atoms with Gasteiger partial charge in [-0.3, -0.25) is 9.59 Å². The number of ether oxygens (including phenoxy) is 2. The summed E-state index contributed by atoms with van der Waals surface area (Å²) in [6.07, 6.45) is -0.260. The van der Waals surface area contributed by atoms with E-state index < -0.39 is 0 Å². The highest BCUT2D eigenvalue weighted by molar-refractivity contribution is 6.30. The molecular formula is C22H25ClN2O4. The highest BCUT2D eigenvalue weighted by Crippen LogP contribution is 2.15. The molecule has 154 valence electrons. The molecular weight excluding hydrogens is 392 g/mol. The number of rotatable bonds is 7. The van der Waals surface area contributed by atoms with Crippen LogP contribution in [0.2, 0.25) is 5.02 Å². The van der Waals surface area contributed by atoms with Gasteiger partial charge >= 0.3 is 0 Å². The van der Waals surface area contributed by atoms with Crippen molar-refractivity contribution in [2.75, 3.05) is 46.5 Å². The molecule has 0 spiro atoms. The Morgan fingerprint density at radius 1 is 1.14 bits per heavy atom. The van der Waals surface area contributed by atoms with Gasteiger partial charge in [0.15, 0.2) is 0 Å². The molecule has 0 bridgehead atoms. The summed E-state index contributed by atoms with van der Waals surface area (Å²) in [5.41, 5.74) is 1.21. The Morgan fingerprint density at radius 2 is 1.86 bits per heavy atom. The molecule has 2 amide bonds. The number of hydrogen-bond acceptors (Lipinski definition) is 4. The zero-order chi connectivity index (χ0) is 20.6. The summed E-state index contributed by atoms with van der Waals surface area (Å²) >= 11 is 5.91. The van der Waals surface area contributed by atoms with Gasteiger partial charge in [0.1, 0.15) is 0 Å². The van der Waals surface area contributed by atoms with Crippen LogP contribution in [0.4, 0.5) is 0 Å². The Morgan fingerprint density at radius 3 is 2.55 bits per heavy atom. The maximum absolute atomic E-state index is 12.9. The molecule has 2 aromatic rings. The molecule has 1 heterocycles. The topological polar surface area (TPSA) is 59.1 Å². The lowest BCUT2D eigenvalue weighted by atomic mass is 10.1. The molecule has 1 aliphatic heterocycles. The first-order chi connectivity index (χ1) is 14.1. The molecule has 0 aliphatic carbocycles. The Balaban J connectivity index is 1.66. The summed E-state index contributed by atoms with van der Waals surface area (Å²) in [5, 5.41) is 0.592. The van der Waals surface area contributed by atoms with E-state index in [9.17, 15) is 9.59 Å². The number of amides is 2. The molecule has 1 atom stereocenters. The molecule has 29 heavy (non-hydrogen) atoms. The van der Waals surface area contributed by atoms with Crippen molar-refractivity contribution in [2.45, 2.75) is 6.10 Å². The van der Waals surface area contributed by atoms with Gasteiger partial charge in [-0.1, -0.05) is 29.8 Å². The van der Waals surface area contributed by atoms with Crippen molar-refractivity contribution in [3.63, 3.8) is 0 Å². The lowest BCUT2D eigenvalue weighted by molar-refractivity contribution is -0.0346. The van der Waals surface area contributed by atoms with Crippen LogP contribution in [0.1, 0.15) is 20.7 Å². The van der Waals surface area contributed by atoms with Crippen molar-refractivity contribution in [1.29, 1.82) is 0 Å². The number of morpholine rings is 1. The van der Waals surface area contributed by atoms with Crippen LogP contribution in [0.25, 0.3) is 0 Å². The molecule has 0 N–H and O–H groups in total. The molecule has 0 radical (unpaired) electrons. The van der Waals surface area contributed by atoms with Gasteiger partial charge in [0, 0.05) is 49.4 Å². The average Bonchev–Trinajstić information content (AvgIpc) is 2.77. The van der Waals surface area contributed by atoms with Crippen LogP contribution in [0.5, 0.6) is 0 Å². The second-order valence-electron chi connectivity index (χ2n) is 6.86. The predicted octanol–water partition coefficient (Wildman–Crippen LogP) is 2.97. The van der Waals surface area contributed by atoms with E-state index in [0.717, 1.165) is 0 Å². The lowest BCUT2D eigenvalue weighted by Gasteiger charge is -2.36. The fourth-order valence-corrected chi connectivity index (χ4v) is 3.40. The SMILES string of the molecule is COCCN(CC1CN(C(=O)c2ccc(Cl)cc2)CCO1)C(=O)c1ccccc1. The first kappa shape index (κ1) is 21.3. The zero-order valence-electron chi connectivity index (χ0n) is 16.4. The summed E-state index contributed by atoms with van der Waals surface area (Å²) in [6, 6.07) is 16.0. The van der Waals surface area contributed by atoms with Gasteiger partial charge in [-0.05, 0) is 36.4 Å². The molecule has 1 unspecified atom stereocenters. The second-order valence-corrected chi connectivity index (χ2v) is 7.30. The normalized spacial score (nSPS) is 16.5. The summed E-state index contributed by atoms with van der Waals surface area (Å²) in [4.78, 5) is 29.2. The van der Waals surface area contributed by atoms with Crippen LogP contribution in [0, 0.1) is 0 Å². The average molecular weight is 417 g/mol. The second kappa shape index (κ2) is 10.4. The lowest BCUT2D eigenvalue weighted by Crippen LogP contribution is -2.51. The number of carbonyl (C=O) groups is 2. The number of nitrogens with zero attached hydrogens (tertiary/aromatic N) is 2. The molecule has 1 saturated heterocycles. The van der Waals surface area contributed by atoms with Crippen LogP contribution in [0.15, 0.2) is 54.6 Å². The first-order valence-electron chi connectivity index (χ1n) is 9.58. The van der Waals surface area contributed by atoms with Gasteiger partial charge in [0.05, 0.1) is 19.3 Å². The Bertz CT molecular complexity index is 813. The van der Waals surface area contributed by atoms with E-state index in [-0.39, 0.29) is 17.9 Å². The van der Waals surface area contributed by atoms with Gasteiger partial charge in [-0.2, -0.15) is 0 Å². The third-order valence-electron chi connectivity index (χ3n) is 4.81. The molecule has 7 heteroatoms. The molecule has 1 fully saturated rings. The molecule has 0 saturated carbocycles. The third kappa shape index (κ3) is 5.79. The van der Waals surface area contributed by atoms with Crippen molar-refractivity contribution in [1.82, 2.24) is 9.80 Å². The van der Waals surface area contributed by atoms with E-state index in [0.29, 0.717) is 55.5 Å². The fourth-order valence-electron chi connectivity index (χ4n) is 3.28. The van der Waals surface area contributed by atoms with E-state index in [1.807, 2.05) is 18.2 Å². The van der Waals surface area contributed by atoms with Crippen molar-refractivity contribution >= 4 is 23.4 Å². The fraction of sp³-hybridized carbons (Fsp3) is 0.364. The van der Waals surface area contributed by atoms with Gasteiger partial charge in [0.25, 0.3) is 11.8 Å². The molecule has 6 nitrogen and oxygen atoms in total. The summed E-state index contributed by atoms with van der Waals surface area (Å²) in [7, 11) is 1.61. The minimum atomic E-state index is -0.260. The Hall–Kier alpha value is -2.41. The number of hydrogen-bond donors (Lipinski definition) is 0. The monoisotopic (exact) mass is 416 g/mol.